The number of morpholine rings is 1. The van der Waals surface area contributed by atoms with Gasteiger partial charge in [0.15, 0.2) is 0 Å². The maximum atomic E-state index is 12.7. The van der Waals surface area contributed by atoms with Crippen molar-refractivity contribution in [1.82, 2.24) is 19.6 Å². The lowest BCUT2D eigenvalue weighted by atomic mass is 10.0. The Morgan fingerprint density at radius 3 is 2.86 bits per heavy atom. The fourth-order valence-corrected chi connectivity index (χ4v) is 3.25. The smallest absolute Gasteiger partial charge is 0.239 e. The predicted octanol–water partition coefficient (Wildman–Crippen LogP) is 0.767. The Morgan fingerprint density at radius 2 is 2.14 bits per heavy atom. The SMILES string of the molecule is C[C@H](C(=O)N1CCC[C@@H](n2cccn2)C1)N1CCOCC1. The molecule has 0 aromatic carbocycles. The predicted molar refractivity (Wildman–Crippen MR) is 78.9 cm³/mol. The molecule has 1 aromatic rings. The van der Waals surface area contributed by atoms with E-state index in [0.29, 0.717) is 6.04 Å². The summed E-state index contributed by atoms with van der Waals surface area (Å²) in [7, 11) is 0. The van der Waals surface area contributed by atoms with Gasteiger partial charge >= 0.3 is 0 Å². The molecule has 0 radical (unpaired) electrons. The second-order valence-electron chi connectivity index (χ2n) is 5.89. The van der Waals surface area contributed by atoms with E-state index in [4.69, 9.17) is 4.74 Å². The quantitative estimate of drug-likeness (QED) is 0.825. The Labute approximate surface area is 125 Å². The molecule has 3 heterocycles. The largest absolute Gasteiger partial charge is 0.379 e. The van der Waals surface area contributed by atoms with Crippen LogP contribution < -0.4 is 0 Å². The van der Waals surface area contributed by atoms with Crippen molar-refractivity contribution in [3.05, 3.63) is 18.5 Å². The molecular weight excluding hydrogens is 268 g/mol. The molecule has 2 atom stereocenters. The molecule has 3 rings (SSSR count). The van der Waals surface area contributed by atoms with Crippen LogP contribution in [0, 0.1) is 0 Å². The molecule has 0 aliphatic carbocycles. The number of carbonyl (C=O) groups is 1. The van der Waals surface area contributed by atoms with Gasteiger partial charge in [0, 0.05) is 38.6 Å². The number of hydrogen-bond acceptors (Lipinski definition) is 4. The third-order valence-electron chi connectivity index (χ3n) is 4.56. The number of hydrogen-bond donors (Lipinski definition) is 0. The maximum absolute atomic E-state index is 12.7. The van der Waals surface area contributed by atoms with Crippen LogP contribution in [0.2, 0.25) is 0 Å². The van der Waals surface area contributed by atoms with Gasteiger partial charge in [-0.2, -0.15) is 5.10 Å². The first-order valence-corrected chi connectivity index (χ1v) is 7.85. The highest BCUT2D eigenvalue weighted by Crippen LogP contribution is 2.22. The van der Waals surface area contributed by atoms with Crippen LogP contribution in [0.4, 0.5) is 0 Å². The number of aromatic nitrogens is 2. The summed E-state index contributed by atoms with van der Waals surface area (Å²) in [6.07, 6.45) is 5.94. The normalized spacial score (nSPS) is 25.8. The number of ether oxygens (including phenoxy) is 1. The summed E-state index contributed by atoms with van der Waals surface area (Å²) in [6.45, 7) is 6.82. The van der Waals surface area contributed by atoms with Gasteiger partial charge in [0.1, 0.15) is 0 Å². The van der Waals surface area contributed by atoms with Crippen molar-refractivity contribution in [2.24, 2.45) is 0 Å². The van der Waals surface area contributed by atoms with Crippen LogP contribution in [0.25, 0.3) is 0 Å². The van der Waals surface area contributed by atoms with Crippen molar-refractivity contribution >= 4 is 5.91 Å². The van der Waals surface area contributed by atoms with Gasteiger partial charge in [-0.15, -0.1) is 0 Å². The third-order valence-corrected chi connectivity index (χ3v) is 4.56. The fourth-order valence-electron chi connectivity index (χ4n) is 3.25. The number of rotatable bonds is 3. The summed E-state index contributed by atoms with van der Waals surface area (Å²) in [6, 6.07) is 2.21. The summed E-state index contributed by atoms with van der Waals surface area (Å²) in [5.74, 6) is 0.244. The number of nitrogens with zero attached hydrogens (tertiary/aromatic N) is 4. The maximum Gasteiger partial charge on any atom is 0.239 e. The zero-order valence-corrected chi connectivity index (χ0v) is 12.6. The Balaban J connectivity index is 1.61. The van der Waals surface area contributed by atoms with Gasteiger partial charge in [0.05, 0.1) is 25.3 Å². The first kappa shape index (κ1) is 14.5. The lowest BCUT2D eigenvalue weighted by Crippen LogP contribution is -2.53. The second kappa shape index (κ2) is 6.58. The van der Waals surface area contributed by atoms with Crippen molar-refractivity contribution in [2.75, 3.05) is 39.4 Å². The molecule has 0 bridgehead atoms. The van der Waals surface area contributed by atoms with Gasteiger partial charge in [0.2, 0.25) is 5.91 Å². The van der Waals surface area contributed by atoms with E-state index >= 15 is 0 Å². The zero-order valence-electron chi connectivity index (χ0n) is 12.6. The van der Waals surface area contributed by atoms with E-state index < -0.39 is 0 Å². The molecule has 21 heavy (non-hydrogen) atoms. The van der Waals surface area contributed by atoms with Crippen LogP contribution in [0.1, 0.15) is 25.8 Å². The summed E-state index contributed by atoms with van der Waals surface area (Å²) in [5, 5.41) is 4.32. The third kappa shape index (κ3) is 3.27. The van der Waals surface area contributed by atoms with Crippen LogP contribution in [-0.2, 0) is 9.53 Å². The number of likely N-dealkylation sites (tertiary alicyclic amines) is 1. The van der Waals surface area contributed by atoms with Gasteiger partial charge in [-0.25, -0.2) is 0 Å². The molecule has 6 nitrogen and oxygen atoms in total. The molecule has 116 valence electrons. The van der Waals surface area contributed by atoms with Crippen LogP contribution in [0.3, 0.4) is 0 Å². The van der Waals surface area contributed by atoms with Crippen molar-refractivity contribution < 1.29 is 9.53 Å². The van der Waals surface area contributed by atoms with Crippen molar-refractivity contribution in [3.8, 4) is 0 Å². The Kier molecular flexibility index (Phi) is 4.55. The van der Waals surface area contributed by atoms with Crippen LogP contribution in [0.5, 0.6) is 0 Å². The fraction of sp³-hybridized carbons (Fsp3) is 0.733. The van der Waals surface area contributed by atoms with E-state index in [9.17, 15) is 4.79 Å². The minimum absolute atomic E-state index is 0.0507. The number of amides is 1. The highest BCUT2D eigenvalue weighted by atomic mass is 16.5. The standard InChI is InChI=1S/C15H24N4O2/c1-13(17-8-10-21-11-9-17)15(20)18-6-2-4-14(12-18)19-7-3-5-16-19/h3,5,7,13-14H,2,4,6,8-12H2,1H3/t13-,14-/m1/s1. The van der Waals surface area contributed by atoms with Crippen LogP contribution in [0.15, 0.2) is 18.5 Å². The van der Waals surface area contributed by atoms with Crippen molar-refractivity contribution in [3.63, 3.8) is 0 Å². The van der Waals surface area contributed by atoms with E-state index in [1.807, 2.05) is 28.8 Å². The summed E-state index contributed by atoms with van der Waals surface area (Å²) >= 11 is 0. The van der Waals surface area contributed by atoms with Gasteiger partial charge in [0.25, 0.3) is 0 Å². The lowest BCUT2D eigenvalue weighted by molar-refractivity contribution is -0.139. The summed E-state index contributed by atoms with van der Waals surface area (Å²) < 4.78 is 7.35. The van der Waals surface area contributed by atoms with Gasteiger partial charge < -0.3 is 9.64 Å². The average molecular weight is 292 g/mol. The van der Waals surface area contributed by atoms with Crippen LogP contribution in [-0.4, -0.2) is 70.9 Å². The molecule has 2 saturated heterocycles. The van der Waals surface area contributed by atoms with Gasteiger partial charge in [-0.3, -0.25) is 14.4 Å². The Bertz CT molecular complexity index is 456. The van der Waals surface area contributed by atoms with Crippen LogP contribution >= 0.6 is 0 Å². The Hall–Kier alpha value is -1.40. The molecule has 2 fully saturated rings. The van der Waals surface area contributed by atoms with E-state index in [1.165, 1.54) is 0 Å². The minimum atomic E-state index is -0.0507. The first-order valence-electron chi connectivity index (χ1n) is 7.85. The summed E-state index contributed by atoms with van der Waals surface area (Å²) in [4.78, 5) is 17.0. The van der Waals surface area contributed by atoms with Crippen molar-refractivity contribution in [1.29, 1.82) is 0 Å². The average Bonchev–Trinajstić information content (AvgIpc) is 3.09. The topological polar surface area (TPSA) is 50.6 Å². The van der Waals surface area contributed by atoms with Crippen molar-refractivity contribution in [2.45, 2.75) is 31.8 Å². The first-order chi connectivity index (χ1) is 10.3. The van der Waals surface area contributed by atoms with E-state index in [1.54, 1.807) is 6.20 Å². The number of carbonyl (C=O) groups excluding carboxylic acids is 1. The monoisotopic (exact) mass is 292 g/mol. The Morgan fingerprint density at radius 1 is 1.33 bits per heavy atom. The molecule has 2 aliphatic heterocycles. The summed E-state index contributed by atoms with van der Waals surface area (Å²) in [5.41, 5.74) is 0. The molecule has 6 heteroatoms. The van der Waals surface area contributed by atoms with Gasteiger partial charge in [-0.1, -0.05) is 0 Å². The molecule has 0 N–H and O–H groups in total. The molecule has 0 spiro atoms. The molecule has 1 aromatic heterocycles. The van der Waals surface area contributed by atoms with E-state index in [0.717, 1.165) is 52.2 Å². The minimum Gasteiger partial charge on any atom is -0.379 e. The molecule has 0 saturated carbocycles. The molecule has 2 aliphatic rings. The molecule has 1 amide bonds. The lowest BCUT2D eigenvalue weighted by Gasteiger charge is -2.38. The highest BCUT2D eigenvalue weighted by Gasteiger charge is 2.31. The zero-order chi connectivity index (χ0) is 14.7. The van der Waals surface area contributed by atoms with E-state index in [-0.39, 0.29) is 11.9 Å². The van der Waals surface area contributed by atoms with Gasteiger partial charge in [-0.05, 0) is 25.8 Å². The molecule has 0 unspecified atom stereocenters. The molecular formula is C15H24N4O2. The second-order valence-corrected chi connectivity index (χ2v) is 5.89. The van der Waals surface area contributed by atoms with E-state index in [2.05, 4.69) is 10.00 Å². The highest BCUT2D eigenvalue weighted by molar-refractivity contribution is 5.81. The number of piperidine rings is 1.